The maximum atomic E-state index is 14.2. The molecule has 32 heavy (non-hydrogen) atoms. The highest BCUT2D eigenvalue weighted by Crippen LogP contribution is 2.42. The number of aromatic nitrogens is 1. The molecule has 1 saturated heterocycles. The number of pyridine rings is 1. The smallest absolute Gasteiger partial charge is 0.413 e. The fourth-order valence-corrected chi connectivity index (χ4v) is 3.97. The Hall–Kier alpha value is -2.51. The van der Waals surface area contributed by atoms with Gasteiger partial charge in [-0.05, 0) is 65.9 Å². The number of rotatable bonds is 5. The summed E-state index contributed by atoms with van der Waals surface area (Å²) in [5, 5.41) is 0. The summed E-state index contributed by atoms with van der Waals surface area (Å²) in [5.74, 6) is 0. The van der Waals surface area contributed by atoms with E-state index >= 15 is 0 Å². The number of benzene rings is 1. The van der Waals surface area contributed by atoms with Gasteiger partial charge in [0, 0.05) is 18.3 Å². The second-order valence-electron chi connectivity index (χ2n) is 9.96. The molecule has 174 valence electrons. The average molecular weight is 444 g/mol. The molecule has 2 aromatic rings. The highest BCUT2D eigenvalue weighted by Gasteiger charge is 2.51. The summed E-state index contributed by atoms with van der Waals surface area (Å²) < 4.78 is 25.8. The van der Waals surface area contributed by atoms with E-state index in [-0.39, 0.29) is 0 Å². The van der Waals surface area contributed by atoms with E-state index in [1.54, 1.807) is 34.6 Å². The van der Waals surface area contributed by atoms with Crippen molar-refractivity contribution < 1.29 is 18.7 Å². The van der Waals surface area contributed by atoms with Gasteiger partial charge in [0.05, 0.1) is 11.7 Å². The van der Waals surface area contributed by atoms with Gasteiger partial charge in [0.1, 0.15) is 24.1 Å². The van der Waals surface area contributed by atoms with Gasteiger partial charge >= 0.3 is 6.09 Å². The van der Waals surface area contributed by atoms with E-state index < -0.39 is 36.2 Å². The Labute approximate surface area is 190 Å². The largest absolute Gasteiger partial charge is 0.444 e. The Morgan fingerprint density at radius 2 is 1.78 bits per heavy atom. The van der Waals surface area contributed by atoms with E-state index in [1.807, 2.05) is 56.7 Å². The molecule has 2 unspecified atom stereocenters. The Kier molecular flexibility index (Phi) is 6.91. The third-order valence-corrected chi connectivity index (χ3v) is 5.30. The number of amides is 1. The molecular formula is C25H34FN3O3. The number of nitrogens with zero attached hydrogens (tertiary/aromatic N) is 3. The van der Waals surface area contributed by atoms with Gasteiger partial charge in [-0.15, -0.1) is 0 Å². The number of hydrogen-bond acceptors (Lipinski definition) is 5. The Morgan fingerprint density at radius 3 is 2.28 bits per heavy atom. The van der Waals surface area contributed by atoms with E-state index in [4.69, 9.17) is 9.47 Å². The van der Waals surface area contributed by atoms with Crippen molar-refractivity contribution in [3.63, 3.8) is 0 Å². The molecule has 0 radical (unpaired) electrons. The second kappa shape index (κ2) is 9.16. The maximum absolute atomic E-state index is 14.2. The predicted molar refractivity (Wildman–Crippen MR) is 123 cm³/mol. The van der Waals surface area contributed by atoms with Crippen molar-refractivity contribution in [2.75, 3.05) is 20.8 Å². The summed E-state index contributed by atoms with van der Waals surface area (Å²) in [6, 6.07) is 11.1. The normalized spacial score (nSPS) is 20.6. The van der Waals surface area contributed by atoms with Crippen LogP contribution in [-0.4, -0.2) is 59.0 Å². The number of carbonyl (C=O) groups is 1. The van der Waals surface area contributed by atoms with Gasteiger partial charge in [-0.25, -0.2) is 9.18 Å². The van der Waals surface area contributed by atoms with Crippen molar-refractivity contribution in [1.82, 2.24) is 14.8 Å². The van der Waals surface area contributed by atoms with E-state index in [0.717, 1.165) is 28.9 Å². The zero-order chi connectivity index (χ0) is 23.7. The fourth-order valence-electron chi connectivity index (χ4n) is 3.97. The molecule has 0 spiro atoms. The van der Waals surface area contributed by atoms with Gasteiger partial charge in [-0.1, -0.05) is 30.3 Å². The molecule has 1 amide bonds. The van der Waals surface area contributed by atoms with Crippen molar-refractivity contribution in [3.8, 4) is 11.1 Å². The molecule has 6 nitrogen and oxygen atoms in total. The summed E-state index contributed by atoms with van der Waals surface area (Å²) in [5.41, 5.74) is 2.16. The minimum Gasteiger partial charge on any atom is -0.444 e. The first-order valence-electron chi connectivity index (χ1n) is 10.9. The molecule has 0 N–H and O–H groups in total. The highest BCUT2D eigenvalue weighted by atomic mass is 19.1. The summed E-state index contributed by atoms with van der Waals surface area (Å²) in [6.45, 7) is 8.94. The predicted octanol–water partition coefficient (Wildman–Crippen LogP) is 5.19. The van der Waals surface area contributed by atoms with E-state index in [0.29, 0.717) is 0 Å². The maximum Gasteiger partial charge on any atom is 0.413 e. The van der Waals surface area contributed by atoms with Crippen molar-refractivity contribution in [3.05, 3.63) is 53.9 Å². The van der Waals surface area contributed by atoms with Gasteiger partial charge in [-0.2, -0.15) is 0 Å². The monoisotopic (exact) mass is 443 g/mol. The van der Waals surface area contributed by atoms with Crippen LogP contribution in [0.4, 0.5) is 9.18 Å². The molecular weight excluding hydrogens is 409 g/mol. The van der Waals surface area contributed by atoms with Gasteiger partial charge in [0.2, 0.25) is 0 Å². The van der Waals surface area contributed by atoms with Crippen molar-refractivity contribution in [1.29, 1.82) is 0 Å². The lowest BCUT2D eigenvalue weighted by molar-refractivity contribution is -0.0797. The highest BCUT2D eigenvalue weighted by molar-refractivity contribution is 5.70. The summed E-state index contributed by atoms with van der Waals surface area (Å²) in [7, 11) is 4.02. The quantitative estimate of drug-likeness (QED) is 0.636. The fraction of sp³-hybridized carbons (Fsp3) is 0.520. The van der Waals surface area contributed by atoms with E-state index in [1.165, 1.54) is 4.90 Å². The third kappa shape index (κ3) is 5.45. The van der Waals surface area contributed by atoms with Gasteiger partial charge in [0.25, 0.3) is 0 Å². The minimum absolute atomic E-state index is 0.576. The lowest BCUT2D eigenvalue weighted by Crippen LogP contribution is -2.50. The number of ether oxygens (including phenoxy) is 2. The van der Waals surface area contributed by atoms with Crippen LogP contribution in [0.1, 0.15) is 52.0 Å². The minimum atomic E-state index is -0.991. The number of halogens is 1. The van der Waals surface area contributed by atoms with Crippen LogP contribution in [0.3, 0.4) is 0 Å². The van der Waals surface area contributed by atoms with Crippen LogP contribution in [0.2, 0.25) is 0 Å². The van der Waals surface area contributed by atoms with Gasteiger partial charge < -0.3 is 14.4 Å². The standard InChI is InChI=1S/C25H34FN3O3/c1-24(2,3)32-23(30)29-21(14-26)22(31-25(29,4)5)18-10-8-17(9-11-18)19-12-13-20(27-15-19)16-28(6)7/h8-13,15,21-22H,14,16H2,1-7H3. The molecule has 1 aromatic carbocycles. The molecule has 2 heterocycles. The number of carbonyl (C=O) groups excluding carboxylic acids is 1. The average Bonchev–Trinajstić information content (AvgIpc) is 2.97. The Balaban J connectivity index is 1.81. The van der Waals surface area contributed by atoms with Gasteiger partial charge in [0.15, 0.2) is 0 Å². The van der Waals surface area contributed by atoms with Crippen LogP contribution < -0.4 is 0 Å². The first-order valence-corrected chi connectivity index (χ1v) is 10.9. The molecule has 2 atom stereocenters. The lowest BCUT2D eigenvalue weighted by atomic mass is 9.99. The molecule has 1 aliphatic heterocycles. The molecule has 1 aliphatic rings. The van der Waals surface area contributed by atoms with Crippen LogP contribution in [0, 0.1) is 0 Å². The van der Waals surface area contributed by atoms with Crippen LogP contribution >= 0.6 is 0 Å². The summed E-state index contributed by atoms with van der Waals surface area (Å²) >= 11 is 0. The molecule has 7 heteroatoms. The zero-order valence-electron chi connectivity index (χ0n) is 20.1. The van der Waals surface area contributed by atoms with Crippen LogP contribution in [0.25, 0.3) is 11.1 Å². The van der Waals surface area contributed by atoms with E-state index in [2.05, 4.69) is 9.88 Å². The van der Waals surface area contributed by atoms with Crippen molar-refractivity contribution in [2.45, 2.75) is 64.6 Å². The molecule has 0 saturated carbocycles. The van der Waals surface area contributed by atoms with Crippen LogP contribution in [0.5, 0.6) is 0 Å². The first-order chi connectivity index (χ1) is 14.9. The Morgan fingerprint density at radius 1 is 1.16 bits per heavy atom. The summed E-state index contributed by atoms with van der Waals surface area (Å²) in [4.78, 5) is 20.8. The first kappa shape index (κ1) is 24.1. The second-order valence-corrected chi connectivity index (χ2v) is 9.96. The molecule has 1 fully saturated rings. The molecule has 3 rings (SSSR count). The number of alkyl halides is 1. The van der Waals surface area contributed by atoms with E-state index in [9.17, 15) is 9.18 Å². The molecule has 0 aliphatic carbocycles. The van der Waals surface area contributed by atoms with Crippen LogP contribution in [0.15, 0.2) is 42.6 Å². The van der Waals surface area contributed by atoms with Crippen molar-refractivity contribution >= 4 is 6.09 Å². The van der Waals surface area contributed by atoms with Gasteiger partial charge in [-0.3, -0.25) is 9.88 Å². The lowest BCUT2D eigenvalue weighted by Gasteiger charge is -2.34. The van der Waals surface area contributed by atoms with Crippen LogP contribution in [-0.2, 0) is 16.0 Å². The molecule has 1 aromatic heterocycles. The topological polar surface area (TPSA) is 54.9 Å². The molecule has 0 bridgehead atoms. The van der Waals surface area contributed by atoms with Crippen molar-refractivity contribution in [2.24, 2.45) is 0 Å². The number of hydrogen-bond donors (Lipinski definition) is 0. The Bertz CT molecular complexity index is 921. The zero-order valence-corrected chi connectivity index (χ0v) is 20.1. The SMILES string of the molecule is CN(C)Cc1ccc(-c2ccc(C3OC(C)(C)N(C(=O)OC(C)(C)C)C3CF)cc2)cn1. The summed E-state index contributed by atoms with van der Waals surface area (Å²) in [6.07, 6.45) is 0.697. The third-order valence-electron chi connectivity index (χ3n) is 5.30.